The Morgan fingerprint density at radius 2 is 2.28 bits per heavy atom. The molecule has 1 saturated carbocycles. The highest BCUT2D eigenvalue weighted by atomic mass is 16.3. The molecule has 0 unspecified atom stereocenters. The third-order valence-electron chi connectivity index (χ3n) is 4.86. The van der Waals surface area contributed by atoms with Crippen LogP contribution in [0, 0.1) is 5.41 Å². The van der Waals surface area contributed by atoms with Crippen LogP contribution in [0.25, 0.3) is 11.1 Å². The number of aliphatic imine (C=N–C) groups is 1. The molecule has 2 aromatic rings. The van der Waals surface area contributed by atoms with Crippen LogP contribution in [-0.4, -0.2) is 47.2 Å². The van der Waals surface area contributed by atoms with Crippen molar-refractivity contribution in [2.24, 2.45) is 4.99 Å². The minimum atomic E-state index is -0.549. The first-order valence-electron chi connectivity index (χ1n) is 9.17. The molecular formula is C19H21N7O3. The monoisotopic (exact) mass is 395 g/mol. The van der Waals surface area contributed by atoms with Gasteiger partial charge in [-0.25, -0.2) is 9.98 Å². The van der Waals surface area contributed by atoms with Gasteiger partial charge in [0.1, 0.15) is 23.0 Å². The van der Waals surface area contributed by atoms with Gasteiger partial charge in [-0.05, 0) is 25.0 Å². The summed E-state index contributed by atoms with van der Waals surface area (Å²) in [6.07, 6.45) is 4.86. The summed E-state index contributed by atoms with van der Waals surface area (Å²) in [4.78, 5) is 21.3. The molecule has 150 valence electrons. The Hall–Kier alpha value is -3.66. The molecule has 4 rings (SSSR count). The highest BCUT2D eigenvalue weighted by Crippen LogP contribution is 2.23. The van der Waals surface area contributed by atoms with Crippen LogP contribution in [0.5, 0.6) is 0 Å². The van der Waals surface area contributed by atoms with Crippen molar-refractivity contribution >= 4 is 34.7 Å². The number of fused-ring (bicyclic) bond motifs is 1. The van der Waals surface area contributed by atoms with Gasteiger partial charge in [-0.1, -0.05) is 6.07 Å². The summed E-state index contributed by atoms with van der Waals surface area (Å²) >= 11 is 0. The second-order valence-corrected chi connectivity index (χ2v) is 6.69. The van der Waals surface area contributed by atoms with Gasteiger partial charge in [-0.2, -0.15) is 0 Å². The third-order valence-corrected chi connectivity index (χ3v) is 4.86. The summed E-state index contributed by atoms with van der Waals surface area (Å²) in [6.45, 7) is 0. The van der Waals surface area contributed by atoms with E-state index in [1.165, 1.54) is 6.39 Å². The summed E-state index contributed by atoms with van der Waals surface area (Å²) in [6, 6.07) is 5.18. The van der Waals surface area contributed by atoms with E-state index in [9.17, 15) is 9.90 Å². The molecule has 2 aliphatic rings. The summed E-state index contributed by atoms with van der Waals surface area (Å²) in [5.41, 5.74) is 2.05. The molecule has 0 radical (unpaired) electrons. The fourth-order valence-corrected chi connectivity index (χ4v) is 3.07. The normalized spacial score (nSPS) is 22.6. The van der Waals surface area contributed by atoms with Gasteiger partial charge in [-0.15, -0.1) is 0 Å². The van der Waals surface area contributed by atoms with Gasteiger partial charge in [0.15, 0.2) is 12.0 Å². The number of carbonyl (C=O) groups excluding carboxylic acids is 1. The van der Waals surface area contributed by atoms with Crippen LogP contribution in [-0.2, 0) is 4.79 Å². The molecule has 1 aliphatic carbocycles. The zero-order valence-corrected chi connectivity index (χ0v) is 15.7. The average Bonchev–Trinajstić information content (AvgIpc) is 3.21. The molecule has 6 N–H and O–H groups in total. The SMILES string of the molecule is CNC1=CC(Nc2cccc3ocnc23)=N/C(=C(/C=N)C(=O)N[C@H]2CC[C@@H]2O)N1. The quantitative estimate of drug-likeness (QED) is 0.324. The van der Waals surface area contributed by atoms with Crippen LogP contribution in [0.4, 0.5) is 5.69 Å². The lowest BCUT2D eigenvalue weighted by molar-refractivity contribution is -0.119. The number of aromatic nitrogens is 1. The van der Waals surface area contributed by atoms with E-state index in [1.54, 1.807) is 13.1 Å². The number of anilines is 1. The number of hydrogen-bond acceptors (Lipinski definition) is 9. The Morgan fingerprint density at radius 3 is 2.97 bits per heavy atom. The highest BCUT2D eigenvalue weighted by molar-refractivity contribution is 6.14. The van der Waals surface area contributed by atoms with Crippen LogP contribution >= 0.6 is 0 Å². The molecule has 0 bridgehead atoms. The molecule has 10 nitrogen and oxygen atoms in total. The maximum Gasteiger partial charge on any atom is 0.256 e. The van der Waals surface area contributed by atoms with Crippen LogP contribution in [0.15, 0.2) is 57.3 Å². The number of amides is 1. The number of nitrogens with one attached hydrogen (secondary N) is 5. The fraction of sp³-hybridized carbons (Fsp3) is 0.263. The molecule has 1 aliphatic heterocycles. The lowest BCUT2D eigenvalue weighted by atomic mass is 9.89. The first-order chi connectivity index (χ1) is 14.1. The number of nitrogens with zero attached hydrogens (tertiary/aromatic N) is 2. The molecule has 0 spiro atoms. The number of hydrogen-bond donors (Lipinski definition) is 6. The number of aliphatic hydroxyl groups excluding tert-OH is 1. The smallest absolute Gasteiger partial charge is 0.256 e. The Balaban J connectivity index is 1.64. The standard InChI is InChI=1S/C19H21N7O3/c1-21-15-7-16(23-12-3-2-4-14-17(12)22-9-29-14)26-18(25-15)10(8-20)19(28)24-11-5-6-13(11)27/h2-4,7-9,11,13,20-21,25,27H,5-6H2,1H3,(H,23,26)(H,24,28)/b18-10-,20-8?/t11-,13-/m0/s1. The van der Waals surface area contributed by atoms with Gasteiger partial charge in [0.05, 0.1) is 23.4 Å². The Labute approximate surface area is 166 Å². The predicted octanol–water partition coefficient (Wildman–Crippen LogP) is 0.803. The fourth-order valence-electron chi connectivity index (χ4n) is 3.07. The van der Waals surface area contributed by atoms with Gasteiger partial charge in [-0.3, -0.25) is 4.79 Å². The van der Waals surface area contributed by atoms with Gasteiger partial charge in [0.2, 0.25) is 0 Å². The largest absolute Gasteiger partial charge is 0.443 e. The summed E-state index contributed by atoms with van der Waals surface area (Å²) in [5, 5.41) is 29.3. The predicted molar refractivity (Wildman–Crippen MR) is 108 cm³/mol. The summed E-state index contributed by atoms with van der Waals surface area (Å²) < 4.78 is 5.32. The van der Waals surface area contributed by atoms with Crippen LogP contribution in [0.3, 0.4) is 0 Å². The van der Waals surface area contributed by atoms with Gasteiger partial charge in [0, 0.05) is 19.3 Å². The van der Waals surface area contributed by atoms with E-state index < -0.39 is 12.0 Å². The Kier molecular flexibility index (Phi) is 5.00. The van der Waals surface area contributed by atoms with Crippen LogP contribution in [0.1, 0.15) is 12.8 Å². The first-order valence-corrected chi connectivity index (χ1v) is 9.17. The van der Waals surface area contributed by atoms with Crippen LogP contribution in [0.2, 0.25) is 0 Å². The van der Waals surface area contributed by atoms with E-state index in [4.69, 9.17) is 9.83 Å². The molecule has 1 fully saturated rings. The molecule has 29 heavy (non-hydrogen) atoms. The van der Waals surface area contributed by atoms with E-state index in [1.807, 2.05) is 18.2 Å². The lowest BCUT2D eigenvalue weighted by Crippen LogP contribution is -2.51. The number of benzene rings is 1. The summed E-state index contributed by atoms with van der Waals surface area (Å²) in [7, 11) is 1.73. The minimum absolute atomic E-state index is 0.0592. The van der Waals surface area contributed by atoms with E-state index in [2.05, 4.69) is 31.2 Å². The molecule has 0 saturated heterocycles. The third kappa shape index (κ3) is 3.69. The van der Waals surface area contributed by atoms with E-state index in [0.717, 1.165) is 6.21 Å². The minimum Gasteiger partial charge on any atom is -0.443 e. The molecule has 2 heterocycles. The molecule has 2 atom stereocenters. The van der Waals surface area contributed by atoms with Crippen molar-refractivity contribution in [1.29, 1.82) is 5.41 Å². The molecular weight excluding hydrogens is 374 g/mol. The lowest BCUT2D eigenvalue weighted by Gasteiger charge is -2.33. The number of carbonyl (C=O) groups is 1. The van der Waals surface area contributed by atoms with Gasteiger partial charge in [0.25, 0.3) is 5.91 Å². The van der Waals surface area contributed by atoms with E-state index in [0.29, 0.717) is 41.3 Å². The van der Waals surface area contributed by atoms with Crippen molar-refractivity contribution in [1.82, 2.24) is 20.9 Å². The maximum atomic E-state index is 12.6. The van der Waals surface area contributed by atoms with Gasteiger partial charge >= 0.3 is 0 Å². The summed E-state index contributed by atoms with van der Waals surface area (Å²) in [5.74, 6) is 0.799. The second-order valence-electron chi connectivity index (χ2n) is 6.69. The van der Waals surface area contributed by atoms with Crippen molar-refractivity contribution in [2.75, 3.05) is 12.4 Å². The molecule has 1 aromatic carbocycles. The number of rotatable bonds is 5. The van der Waals surface area contributed by atoms with Crippen molar-refractivity contribution in [3.05, 3.63) is 47.9 Å². The number of amidine groups is 1. The zero-order valence-electron chi connectivity index (χ0n) is 15.7. The van der Waals surface area contributed by atoms with E-state index >= 15 is 0 Å². The van der Waals surface area contributed by atoms with Gasteiger partial charge < -0.3 is 36.2 Å². The Morgan fingerprint density at radius 1 is 1.41 bits per heavy atom. The maximum absolute atomic E-state index is 12.6. The number of aliphatic hydroxyl groups is 1. The van der Waals surface area contributed by atoms with Crippen molar-refractivity contribution < 1.29 is 14.3 Å². The Bertz CT molecular complexity index is 1050. The zero-order chi connectivity index (χ0) is 20.4. The van der Waals surface area contributed by atoms with E-state index in [-0.39, 0.29) is 17.4 Å². The molecule has 1 aromatic heterocycles. The van der Waals surface area contributed by atoms with Crippen molar-refractivity contribution in [3.63, 3.8) is 0 Å². The molecule has 1 amide bonds. The second kappa shape index (κ2) is 7.76. The van der Waals surface area contributed by atoms with Crippen LogP contribution < -0.4 is 21.3 Å². The first kappa shape index (κ1) is 18.7. The number of para-hydroxylation sites is 1. The highest BCUT2D eigenvalue weighted by Gasteiger charge is 2.31. The average molecular weight is 395 g/mol. The topological polar surface area (TPSA) is 148 Å². The molecule has 10 heteroatoms. The van der Waals surface area contributed by atoms with Crippen molar-refractivity contribution in [2.45, 2.75) is 25.0 Å². The number of oxazole rings is 1. The van der Waals surface area contributed by atoms with Crippen molar-refractivity contribution in [3.8, 4) is 0 Å².